The van der Waals surface area contributed by atoms with Crippen molar-refractivity contribution in [3.05, 3.63) is 24.3 Å². The Bertz CT molecular complexity index is 377. The third kappa shape index (κ3) is 7.50. The Kier molecular flexibility index (Phi) is 7.71. The Morgan fingerprint density at radius 2 is 1.79 bits per heavy atom. The van der Waals surface area contributed by atoms with Crippen molar-refractivity contribution in [3.63, 3.8) is 0 Å². The zero-order chi connectivity index (χ0) is 13.9. The summed E-state index contributed by atoms with van der Waals surface area (Å²) in [4.78, 5) is 11.7. The van der Waals surface area contributed by atoms with Gasteiger partial charge in [0, 0.05) is 17.8 Å². The molecular weight excluding hydrogens is 236 g/mol. The first-order chi connectivity index (χ1) is 9.22. The number of anilines is 2. The maximum Gasteiger partial charge on any atom is 0.224 e. The minimum absolute atomic E-state index is 0.0826. The van der Waals surface area contributed by atoms with Gasteiger partial charge in [0.25, 0.3) is 0 Å². The van der Waals surface area contributed by atoms with Crippen molar-refractivity contribution in [1.29, 1.82) is 0 Å². The second-order valence-electron chi connectivity index (χ2n) is 5.04. The average Bonchev–Trinajstić information content (AvgIpc) is 2.37. The lowest BCUT2D eigenvalue weighted by Gasteiger charge is -2.06. The number of benzene rings is 1. The smallest absolute Gasteiger partial charge is 0.224 e. The number of nitrogens with two attached hydrogens (primary N) is 1. The number of amides is 1. The molecule has 106 valence electrons. The van der Waals surface area contributed by atoms with Crippen molar-refractivity contribution >= 4 is 17.3 Å². The maximum absolute atomic E-state index is 11.7. The summed E-state index contributed by atoms with van der Waals surface area (Å²) < 4.78 is 0. The van der Waals surface area contributed by atoms with Crippen molar-refractivity contribution in [1.82, 2.24) is 0 Å². The SMILES string of the molecule is CCCCCCCCCC(=O)Nc1cccc(N)c1. The molecule has 0 unspecified atom stereocenters. The van der Waals surface area contributed by atoms with Crippen molar-refractivity contribution in [2.45, 2.75) is 58.3 Å². The molecule has 3 N–H and O–H groups in total. The second kappa shape index (κ2) is 9.42. The van der Waals surface area contributed by atoms with Crippen LogP contribution in [0.1, 0.15) is 58.3 Å². The summed E-state index contributed by atoms with van der Waals surface area (Å²) >= 11 is 0. The van der Waals surface area contributed by atoms with Gasteiger partial charge in [-0.05, 0) is 24.6 Å². The monoisotopic (exact) mass is 262 g/mol. The number of nitrogen functional groups attached to an aromatic ring is 1. The molecule has 0 heterocycles. The second-order valence-corrected chi connectivity index (χ2v) is 5.04. The summed E-state index contributed by atoms with van der Waals surface area (Å²) in [5, 5.41) is 2.88. The lowest BCUT2D eigenvalue weighted by molar-refractivity contribution is -0.116. The number of carbonyl (C=O) groups excluding carboxylic acids is 1. The molecule has 19 heavy (non-hydrogen) atoms. The zero-order valence-corrected chi connectivity index (χ0v) is 12.0. The molecule has 0 bridgehead atoms. The quantitative estimate of drug-likeness (QED) is 0.513. The molecule has 3 nitrogen and oxygen atoms in total. The van der Waals surface area contributed by atoms with Crippen LogP contribution in [0, 0.1) is 0 Å². The van der Waals surface area contributed by atoms with Gasteiger partial charge in [-0.2, -0.15) is 0 Å². The molecule has 0 radical (unpaired) electrons. The number of nitrogens with one attached hydrogen (secondary N) is 1. The van der Waals surface area contributed by atoms with E-state index in [1.54, 1.807) is 6.07 Å². The molecule has 1 amide bonds. The first kappa shape index (κ1) is 15.5. The lowest BCUT2D eigenvalue weighted by Crippen LogP contribution is -2.11. The minimum Gasteiger partial charge on any atom is -0.399 e. The van der Waals surface area contributed by atoms with Crippen molar-refractivity contribution < 1.29 is 4.79 Å². The third-order valence-electron chi connectivity index (χ3n) is 3.18. The van der Waals surface area contributed by atoms with Gasteiger partial charge in [0.05, 0.1) is 0 Å². The van der Waals surface area contributed by atoms with Gasteiger partial charge >= 0.3 is 0 Å². The largest absolute Gasteiger partial charge is 0.399 e. The number of carbonyl (C=O) groups is 1. The predicted octanol–water partition coefficient (Wildman–Crippen LogP) is 4.35. The van der Waals surface area contributed by atoms with Crippen molar-refractivity contribution in [3.8, 4) is 0 Å². The summed E-state index contributed by atoms with van der Waals surface area (Å²) in [6.07, 6.45) is 9.19. The standard InChI is InChI=1S/C16H26N2O/c1-2-3-4-5-6-7-8-12-16(19)18-15-11-9-10-14(17)13-15/h9-11,13H,2-8,12,17H2,1H3,(H,18,19). The van der Waals surface area contributed by atoms with E-state index in [-0.39, 0.29) is 5.91 Å². The molecule has 1 aromatic carbocycles. The Morgan fingerprint density at radius 3 is 2.47 bits per heavy atom. The fourth-order valence-electron chi connectivity index (χ4n) is 2.08. The topological polar surface area (TPSA) is 55.1 Å². The first-order valence-corrected chi connectivity index (χ1v) is 7.37. The fraction of sp³-hybridized carbons (Fsp3) is 0.562. The molecule has 0 aromatic heterocycles. The molecule has 0 saturated heterocycles. The van der Waals surface area contributed by atoms with E-state index in [4.69, 9.17) is 5.73 Å². The molecule has 1 aromatic rings. The van der Waals surface area contributed by atoms with Crippen LogP contribution < -0.4 is 11.1 Å². The molecule has 0 aliphatic rings. The van der Waals surface area contributed by atoms with E-state index in [0.717, 1.165) is 18.5 Å². The van der Waals surface area contributed by atoms with E-state index in [0.29, 0.717) is 12.1 Å². The summed E-state index contributed by atoms with van der Waals surface area (Å²) in [6.45, 7) is 2.22. The zero-order valence-electron chi connectivity index (χ0n) is 12.0. The Balaban J connectivity index is 2.08. The molecular formula is C16H26N2O. The molecule has 0 aliphatic heterocycles. The van der Waals surface area contributed by atoms with Crippen LogP contribution in [0.2, 0.25) is 0 Å². The highest BCUT2D eigenvalue weighted by atomic mass is 16.1. The Hall–Kier alpha value is -1.51. The van der Waals surface area contributed by atoms with Gasteiger partial charge in [0.1, 0.15) is 0 Å². The third-order valence-corrected chi connectivity index (χ3v) is 3.18. The molecule has 0 fully saturated rings. The number of hydrogen-bond donors (Lipinski definition) is 2. The number of unbranched alkanes of at least 4 members (excludes halogenated alkanes) is 6. The van der Waals surface area contributed by atoms with E-state index in [1.165, 1.54) is 32.1 Å². The molecule has 0 aliphatic carbocycles. The Labute approximate surface area is 116 Å². The first-order valence-electron chi connectivity index (χ1n) is 7.37. The number of rotatable bonds is 9. The van der Waals surface area contributed by atoms with Gasteiger partial charge in [-0.15, -0.1) is 0 Å². The summed E-state index contributed by atoms with van der Waals surface area (Å²) in [7, 11) is 0. The van der Waals surface area contributed by atoms with Gasteiger partial charge < -0.3 is 11.1 Å². The van der Waals surface area contributed by atoms with Crippen LogP contribution in [0.3, 0.4) is 0 Å². The van der Waals surface area contributed by atoms with Gasteiger partial charge in [0.15, 0.2) is 0 Å². The van der Waals surface area contributed by atoms with E-state index in [2.05, 4.69) is 12.2 Å². The summed E-state index contributed by atoms with van der Waals surface area (Å²) in [6, 6.07) is 7.30. The number of hydrogen-bond acceptors (Lipinski definition) is 2. The lowest BCUT2D eigenvalue weighted by atomic mass is 10.1. The normalized spacial score (nSPS) is 10.4. The molecule has 1 rings (SSSR count). The highest BCUT2D eigenvalue weighted by Crippen LogP contribution is 2.13. The highest BCUT2D eigenvalue weighted by Gasteiger charge is 2.02. The van der Waals surface area contributed by atoms with Gasteiger partial charge in [-0.3, -0.25) is 4.79 Å². The van der Waals surface area contributed by atoms with Crippen LogP contribution in [0.15, 0.2) is 24.3 Å². The van der Waals surface area contributed by atoms with Crippen LogP contribution >= 0.6 is 0 Å². The molecule has 0 spiro atoms. The van der Waals surface area contributed by atoms with Gasteiger partial charge in [-0.1, -0.05) is 51.5 Å². The Morgan fingerprint density at radius 1 is 1.11 bits per heavy atom. The molecule has 3 heteroatoms. The molecule has 0 atom stereocenters. The van der Waals surface area contributed by atoms with E-state index in [1.807, 2.05) is 18.2 Å². The molecule has 0 saturated carbocycles. The summed E-state index contributed by atoms with van der Waals surface area (Å²) in [5.74, 6) is 0.0826. The van der Waals surface area contributed by atoms with Crippen LogP contribution in [0.25, 0.3) is 0 Å². The van der Waals surface area contributed by atoms with Crippen molar-refractivity contribution in [2.24, 2.45) is 0 Å². The fourth-order valence-corrected chi connectivity index (χ4v) is 2.08. The highest BCUT2D eigenvalue weighted by molar-refractivity contribution is 5.91. The van der Waals surface area contributed by atoms with E-state index >= 15 is 0 Å². The van der Waals surface area contributed by atoms with Gasteiger partial charge in [-0.25, -0.2) is 0 Å². The van der Waals surface area contributed by atoms with Crippen LogP contribution in [-0.4, -0.2) is 5.91 Å². The minimum atomic E-state index is 0.0826. The summed E-state index contributed by atoms with van der Waals surface area (Å²) in [5.41, 5.74) is 7.12. The van der Waals surface area contributed by atoms with Crippen LogP contribution in [0.4, 0.5) is 11.4 Å². The van der Waals surface area contributed by atoms with Crippen molar-refractivity contribution in [2.75, 3.05) is 11.1 Å². The van der Waals surface area contributed by atoms with E-state index < -0.39 is 0 Å². The predicted molar refractivity (Wildman–Crippen MR) is 82.1 cm³/mol. The van der Waals surface area contributed by atoms with E-state index in [9.17, 15) is 4.79 Å². The maximum atomic E-state index is 11.7. The van der Waals surface area contributed by atoms with Crippen LogP contribution in [-0.2, 0) is 4.79 Å². The van der Waals surface area contributed by atoms with Gasteiger partial charge in [0.2, 0.25) is 5.91 Å². The van der Waals surface area contributed by atoms with Crippen LogP contribution in [0.5, 0.6) is 0 Å². The average molecular weight is 262 g/mol.